The van der Waals surface area contributed by atoms with E-state index in [1.807, 2.05) is 11.8 Å². The second-order valence-electron chi connectivity index (χ2n) is 4.88. The summed E-state index contributed by atoms with van der Waals surface area (Å²) in [4.78, 5) is 17.6. The Balaban J connectivity index is 1.91. The number of rotatable bonds is 4. The number of guanidine groups is 1. The Bertz CT molecular complexity index is 515. The number of aliphatic imine (C=N–C) groups is 1. The van der Waals surface area contributed by atoms with Crippen LogP contribution in [0.15, 0.2) is 21.5 Å². The predicted octanol–water partition coefficient (Wildman–Crippen LogP) is 1.28. The Morgan fingerprint density at radius 1 is 1.62 bits per heavy atom. The van der Waals surface area contributed by atoms with Crippen molar-refractivity contribution in [3.63, 3.8) is 0 Å². The van der Waals surface area contributed by atoms with Gasteiger partial charge in [0, 0.05) is 31.1 Å². The average molecular weight is 310 g/mol. The highest BCUT2D eigenvalue weighted by molar-refractivity contribution is 8.00. The highest BCUT2D eigenvalue weighted by Gasteiger charge is 2.21. The van der Waals surface area contributed by atoms with Gasteiger partial charge in [0.15, 0.2) is 11.7 Å². The van der Waals surface area contributed by atoms with Crippen molar-refractivity contribution < 1.29 is 9.21 Å². The molecule has 1 amide bonds. The molecule has 7 heteroatoms. The molecule has 3 N–H and O–H groups in total. The summed E-state index contributed by atoms with van der Waals surface area (Å²) in [5, 5.41) is 3.93. The molecule has 1 atom stereocenters. The van der Waals surface area contributed by atoms with E-state index in [1.54, 1.807) is 19.2 Å². The first-order valence-electron chi connectivity index (χ1n) is 7.09. The first kappa shape index (κ1) is 15.8. The van der Waals surface area contributed by atoms with Crippen molar-refractivity contribution in [2.24, 2.45) is 10.7 Å². The van der Waals surface area contributed by atoms with Gasteiger partial charge < -0.3 is 20.4 Å². The zero-order valence-corrected chi connectivity index (χ0v) is 13.3. The molecule has 0 radical (unpaired) electrons. The Morgan fingerprint density at radius 2 is 2.43 bits per heavy atom. The van der Waals surface area contributed by atoms with Crippen LogP contribution < -0.4 is 11.1 Å². The summed E-state index contributed by atoms with van der Waals surface area (Å²) in [7, 11) is 1.78. The fraction of sp³-hybridized carbons (Fsp3) is 0.571. The van der Waals surface area contributed by atoms with Gasteiger partial charge >= 0.3 is 0 Å². The van der Waals surface area contributed by atoms with Crippen molar-refractivity contribution in [3.8, 4) is 0 Å². The second-order valence-corrected chi connectivity index (χ2v) is 6.29. The van der Waals surface area contributed by atoms with E-state index in [4.69, 9.17) is 10.2 Å². The third kappa shape index (κ3) is 4.17. The SMILES string of the molecule is CCC1CN(C(=NC)NCc2ccc(C(N)=O)o2)CCS1. The standard InChI is InChI=1S/C14H22N4O2S/c1-3-11-9-18(6-7-21-11)14(16-2)17-8-10-4-5-12(20-10)13(15)19/h4-5,11H,3,6-9H2,1-2H3,(H2,15,19)(H,16,17). The molecule has 1 aromatic heterocycles. The number of nitrogens with one attached hydrogen (secondary N) is 1. The quantitative estimate of drug-likeness (QED) is 0.646. The molecule has 1 unspecified atom stereocenters. The van der Waals surface area contributed by atoms with Crippen molar-refractivity contribution >= 4 is 23.6 Å². The summed E-state index contributed by atoms with van der Waals surface area (Å²) in [6, 6.07) is 3.34. The number of thioether (sulfide) groups is 1. The van der Waals surface area contributed by atoms with Gasteiger partial charge in [0.1, 0.15) is 5.76 Å². The topological polar surface area (TPSA) is 83.9 Å². The van der Waals surface area contributed by atoms with Gasteiger partial charge in [-0.1, -0.05) is 6.92 Å². The minimum atomic E-state index is -0.551. The number of carbonyl (C=O) groups excluding carboxylic acids is 1. The van der Waals surface area contributed by atoms with Crippen LogP contribution in [-0.2, 0) is 6.54 Å². The molecule has 1 saturated heterocycles. The molecule has 0 bridgehead atoms. The van der Waals surface area contributed by atoms with Gasteiger partial charge in [-0.25, -0.2) is 0 Å². The smallest absolute Gasteiger partial charge is 0.284 e. The minimum absolute atomic E-state index is 0.183. The molecule has 2 rings (SSSR count). The van der Waals surface area contributed by atoms with Gasteiger partial charge in [0.2, 0.25) is 0 Å². The van der Waals surface area contributed by atoms with Crippen LogP contribution >= 0.6 is 11.8 Å². The first-order valence-corrected chi connectivity index (χ1v) is 8.14. The fourth-order valence-electron chi connectivity index (χ4n) is 2.26. The number of nitrogens with zero attached hydrogens (tertiary/aromatic N) is 2. The van der Waals surface area contributed by atoms with E-state index in [0.717, 1.165) is 31.2 Å². The van der Waals surface area contributed by atoms with Crippen LogP contribution in [-0.4, -0.2) is 47.9 Å². The molecule has 0 saturated carbocycles. The number of amides is 1. The van der Waals surface area contributed by atoms with E-state index in [-0.39, 0.29) is 5.76 Å². The van der Waals surface area contributed by atoms with E-state index in [2.05, 4.69) is 22.1 Å². The van der Waals surface area contributed by atoms with Crippen LogP contribution in [0.2, 0.25) is 0 Å². The largest absolute Gasteiger partial charge is 0.454 e. The number of furan rings is 1. The van der Waals surface area contributed by atoms with E-state index in [1.165, 1.54) is 0 Å². The normalized spacial score (nSPS) is 19.6. The Hall–Kier alpha value is -1.63. The monoisotopic (exact) mass is 310 g/mol. The molecule has 6 nitrogen and oxygen atoms in total. The Labute approximate surface area is 129 Å². The van der Waals surface area contributed by atoms with Crippen molar-refractivity contribution in [2.45, 2.75) is 25.1 Å². The van der Waals surface area contributed by atoms with Crippen LogP contribution in [0.5, 0.6) is 0 Å². The van der Waals surface area contributed by atoms with Gasteiger partial charge in [-0.05, 0) is 18.6 Å². The highest BCUT2D eigenvalue weighted by atomic mass is 32.2. The van der Waals surface area contributed by atoms with Gasteiger partial charge in [0.05, 0.1) is 6.54 Å². The number of nitrogens with two attached hydrogens (primary N) is 1. The van der Waals surface area contributed by atoms with E-state index in [9.17, 15) is 4.79 Å². The third-order valence-electron chi connectivity index (χ3n) is 3.43. The number of hydrogen-bond acceptors (Lipinski definition) is 4. The van der Waals surface area contributed by atoms with Gasteiger partial charge in [-0.15, -0.1) is 0 Å². The zero-order valence-electron chi connectivity index (χ0n) is 12.5. The van der Waals surface area contributed by atoms with Crippen LogP contribution in [0.4, 0.5) is 0 Å². The van der Waals surface area contributed by atoms with Gasteiger partial charge in [-0.2, -0.15) is 11.8 Å². The molecule has 1 aliphatic rings. The maximum Gasteiger partial charge on any atom is 0.284 e. The third-order valence-corrected chi connectivity index (χ3v) is 4.80. The van der Waals surface area contributed by atoms with Crippen LogP contribution in [0, 0.1) is 0 Å². The Kier molecular flexibility index (Phi) is 5.55. The first-order chi connectivity index (χ1) is 10.1. The van der Waals surface area contributed by atoms with Crippen LogP contribution in [0.1, 0.15) is 29.7 Å². The number of hydrogen-bond donors (Lipinski definition) is 2. The van der Waals surface area contributed by atoms with Crippen molar-refractivity contribution in [1.82, 2.24) is 10.2 Å². The van der Waals surface area contributed by atoms with Crippen molar-refractivity contribution in [2.75, 3.05) is 25.9 Å². The molecule has 116 valence electrons. The summed E-state index contributed by atoms with van der Waals surface area (Å²) in [6.07, 6.45) is 1.16. The summed E-state index contributed by atoms with van der Waals surface area (Å²) >= 11 is 2.02. The molecule has 0 aliphatic carbocycles. The number of primary amides is 1. The van der Waals surface area contributed by atoms with E-state index in [0.29, 0.717) is 17.6 Å². The molecule has 1 aliphatic heterocycles. The lowest BCUT2D eigenvalue weighted by Gasteiger charge is -2.34. The van der Waals surface area contributed by atoms with Crippen LogP contribution in [0.25, 0.3) is 0 Å². The van der Waals surface area contributed by atoms with Crippen molar-refractivity contribution in [1.29, 1.82) is 0 Å². The molecular weight excluding hydrogens is 288 g/mol. The van der Waals surface area contributed by atoms with Crippen LogP contribution in [0.3, 0.4) is 0 Å². The molecule has 21 heavy (non-hydrogen) atoms. The summed E-state index contributed by atoms with van der Waals surface area (Å²) in [5.41, 5.74) is 5.17. The molecule has 1 fully saturated rings. The van der Waals surface area contributed by atoms with Crippen molar-refractivity contribution in [3.05, 3.63) is 23.7 Å². The maximum atomic E-state index is 11.0. The van der Waals surface area contributed by atoms with Gasteiger partial charge in [0.25, 0.3) is 5.91 Å². The summed E-state index contributed by atoms with van der Waals surface area (Å²) < 4.78 is 5.35. The highest BCUT2D eigenvalue weighted by Crippen LogP contribution is 2.21. The van der Waals surface area contributed by atoms with E-state index < -0.39 is 5.91 Å². The van der Waals surface area contributed by atoms with Gasteiger partial charge in [-0.3, -0.25) is 9.79 Å². The minimum Gasteiger partial charge on any atom is -0.454 e. The Morgan fingerprint density at radius 3 is 3.05 bits per heavy atom. The lowest BCUT2D eigenvalue weighted by atomic mass is 10.3. The molecular formula is C14H22N4O2S. The lowest BCUT2D eigenvalue weighted by molar-refractivity contribution is 0.0972. The average Bonchev–Trinajstić information content (AvgIpc) is 2.97. The summed E-state index contributed by atoms with van der Waals surface area (Å²) in [5.74, 6) is 2.28. The lowest BCUT2D eigenvalue weighted by Crippen LogP contribution is -2.47. The molecule has 0 spiro atoms. The molecule has 0 aromatic carbocycles. The fourth-order valence-corrected chi connectivity index (χ4v) is 3.44. The molecule has 2 heterocycles. The predicted molar refractivity (Wildman–Crippen MR) is 85.5 cm³/mol. The van der Waals surface area contributed by atoms with E-state index >= 15 is 0 Å². The second kappa shape index (κ2) is 7.40. The summed E-state index contributed by atoms with van der Waals surface area (Å²) in [6.45, 7) is 4.70. The molecule has 1 aromatic rings. The maximum absolute atomic E-state index is 11.0. The zero-order chi connectivity index (χ0) is 15.2. The number of carbonyl (C=O) groups is 1.